The molecule has 1 aliphatic rings. The minimum Gasteiger partial charge on any atom is -0.356 e. The van der Waals surface area contributed by atoms with Gasteiger partial charge < -0.3 is 9.80 Å². The highest BCUT2D eigenvalue weighted by Gasteiger charge is 2.29. The minimum absolute atomic E-state index is 0.211. The second kappa shape index (κ2) is 8.54. The third kappa shape index (κ3) is 4.08. The van der Waals surface area contributed by atoms with Gasteiger partial charge in [0, 0.05) is 39.3 Å². The van der Waals surface area contributed by atoms with Crippen molar-refractivity contribution in [1.82, 2.24) is 14.5 Å². The number of rotatable bonds is 6. The lowest BCUT2D eigenvalue weighted by Gasteiger charge is -2.34. The van der Waals surface area contributed by atoms with Crippen LogP contribution >= 0.6 is 0 Å². The zero-order valence-electron chi connectivity index (χ0n) is 16.1. The molecule has 0 bridgehead atoms. The van der Waals surface area contributed by atoms with Gasteiger partial charge in [0.15, 0.2) is 11.6 Å². The van der Waals surface area contributed by atoms with E-state index < -0.39 is 10.0 Å². The van der Waals surface area contributed by atoms with Gasteiger partial charge in [0.1, 0.15) is 0 Å². The maximum Gasteiger partial charge on any atom is 0.243 e. The van der Waals surface area contributed by atoms with Gasteiger partial charge in [-0.3, -0.25) is 0 Å². The average molecular weight is 401 g/mol. The van der Waals surface area contributed by atoms with Crippen molar-refractivity contribution in [3.8, 4) is 6.07 Å². The molecule has 3 rings (SSSR count). The van der Waals surface area contributed by atoms with E-state index in [2.05, 4.69) is 28.9 Å². The first-order valence-electron chi connectivity index (χ1n) is 9.33. The van der Waals surface area contributed by atoms with Crippen molar-refractivity contribution >= 4 is 21.7 Å². The lowest BCUT2D eigenvalue weighted by Crippen LogP contribution is -2.49. The molecule has 1 aliphatic heterocycles. The van der Waals surface area contributed by atoms with Gasteiger partial charge in [-0.25, -0.2) is 8.42 Å². The van der Waals surface area contributed by atoms with Crippen LogP contribution in [0.3, 0.4) is 0 Å². The maximum absolute atomic E-state index is 12.8. The summed E-state index contributed by atoms with van der Waals surface area (Å²) < 4.78 is 27.1. The number of anilines is 2. The topological polar surface area (TPSA) is 93.4 Å². The molecule has 0 amide bonds. The van der Waals surface area contributed by atoms with E-state index in [1.807, 2.05) is 23.1 Å². The predicted molar refractivity (Wildman–Crippen MR) is 108 cm³/mol. The molecule has 1 saturated heterocycles. The number of benzene rings is 1. The van der Waals surface area contributed by atoms with Crippen molar-refractivity contribution in [1.29, 1.82) is 5.26 Å². The van der Waals surface area contributed by atoms with Crippen LogP contribution in [0.4, 0.5) is 11.6 Å². The number of piperazine rings is 1. The van der Waals surface area contributed by atoms with Gasteiger partial charge in [0.25, 0.3) is 0 Å². The van der Waals surface area contributed by atoms with E-state index in [9.17, 15) is 8.42 Å². The van der Waals surface area contributed by atoms with Crippen LogP contribution in [0.1, 0.15) is 19.4 Å². The van der Waals surface area contributed by atoms with Gasteiger partial charge in [0.05, 0.1) is 16.5 Å². The molecule has 0 atom stereocenters. The lowest BCUT2D eigenvalue weighted by molar-refractivity contribution is 0.383. The van der Waals surface area contributed by atoms with E-state index in [4.69, 9.17) is 5.26 Å². The molecule has 2 heterocycles. The van der Waals surface area contributed by atoms with E-state index in [1.165, 1.54) is 28.6 Å². The monoisotopic (exact) mass is 400 g/mol. The average Bonchev–Trinajstić information content (AvgIpc) is 2.75. The molecule has 0 N–H and O–H groups in total. The summed E-state index contributed by atoms with van der Waals surface area (Å²) in [5.41, 5.74) is 0.440. The molecule has 0 saturated carbocycles. The lowest BCUT2D eigenvalue weighted by atomic mass is 10.2. The zero-order valence-corrected chi connectivity index (χ0v) is 16.9. The Morgan fingerprint density at radius 3 is 2.14 bits per heavy atom. The van der Waals surface area contributed by atoms with Crippen molar-refractivity contribution in [2.75, 3.05) is 49.1 Å². The minimum atomic E-state index is -3.56. The normalized spacial score (nSPS) is 15.2. The Labute approximate surface area is 166 Å². The summed E-state index contributed by atoms with van der Waals surface area (Å²) in [6.07, 6.45) is 0. The Bertz CT molecular complexity index is 926. The van der Waals surface area contributed by atoms with Gasteiger partial charge in [-0.1, -0.05) is 0 Å². The molecule has 0 radical (unpaired) electrons. The largest absolute Gasteiger partial charge is 0.356 e. The standard InChI is InChI=1S/C19H24N6O2S/c1-3-23(4-2)18-9-10-19(22-21-18)24-11-13-25(14-12-24)28(26,27)17-7-5-16(15-20)6-8-17/h5-10H,3-4,11-14H2,1-2H3. The van der Waals surface area contributed by atoms with Crippen LogP contribution in [0, 0.1) is 11.3 Å². The van der Waals surface area contributed by atoms with Crippen molar-refractivity contribution < 1.29 is 8.42 Å². The molecule has 8 nitrogen and oxygen atoms in total. The van der Waals surface area contributed by atoms with E-state index in [0.717, 1.165) is 24.7 Å². The highest BCUT2D eigenvalue weighted by atomic mass is 32.2. The van der Waals surface area contributed by atoms with Crippen LogP contribution in [0.2, 0.25) is 0 Å². The highest BCUT2D eigenvalue weighted by Crippen LogP contribution is 2.21. The first kappa shape index (κ1) is 20.0. The van der Waals surface area contributed by atoms with Crippen LogP contribution in [0.25, 0.3) is 0 Å². The second-order valence-electron chi connectivity index (χ2n) is 6.45. The quantitative estimate of drug-likeness (QED) is 0.728. The number of hydrogen-bond acceptors (Lipinski definition) is 7. The van der Waals surface area contributed by atoms with Gasteiger partial charge >= 0.3 is 0 Å². The molecule has 2 aromatic rings. The summed E-state index contributed by atoms with van der Waals surface area (Å²) in [5, 5.41) is 17.5. The van der Waals surface area contributed by atoms with Gasteiger partial charge in [0.2, 0.25) is 10.0 Å². The summed E-state index contributed by atoms with van der Waals surface area (Å²) in [4.78, 5) is 4.38. The summed E-state index contributed by atoms with van der Waals surface area (Å²) >= 11 is 0. The third-order valence-corrected chi connectivity index (χ3v) is 6.82. The first-order valence-corrected chi connectivity index (χ1v) is 10.8. The Kier molecular flexibility index (Phi) is 6.11. The molecule has 0 spiro atoms. The SMILES string of the molecule is CCN(CC)c1ccc(N2CCN(S(=O)(=O)c3ccc(C#N)cc3)CC2)nn1. The van der Waals surface area contributed by atoms with E-state index in [-0.39, 0.29) is 4.90 Å². The molecule has 28 heavy (non-hydrogen) atoms. The summed E-state index contributed by atoms with van der Waals surface area (Å²) in [5.74, 6) is 1.60. The Morgan fingerprint density at radius 1 is 1.00 bits per heavy atom. The number of hydrogen-bond donors (Lipinski definition) is 0. The number of sulfonamides is 1. The molecule has 0 unspecified atom stereocenters. The van der Waals surface area contributed by atoms with E-state index >= 15 is 0 Å². The fourth-order valence-corrected chi connectivity index (χ4v) is 4.63. The molecule has 1 aromatic carbocycles. The van der Waals surface area contributed by atoms with Gasteiger partial charge in [-0.05, 0) is 50.2 Å². The Balaban J connectivity index is 1.66. The number of aromatic nitrogens is 2. The molecule has 9 heteroatoms. The van der Waals surface area contributed by atoms with E-state index in [0.29, 0.717) is 31.7 Å². The zero-order chi connectivity index (χ0) is 20.1. The summed E-state index contributed by atoms with van der Waals surface area (Å²) in [6, 6.07) is 11.9. The molecule has 1 aromatic heterocycles. The van der Waals surface area contributed by atoms with E-state index in [1.54, 1.807) is 0 Å². The van der Waals surface area contributed by atoms with Crippen molar-refractivity contribution in [2.45, 2.75) is 18.7 Å². The summed E-state index contributed by atoms with van der Waals surface area (Å²) in [6.45, 7) is 7.75. The Morgan fingerprint density at radius 2 is 1.64 bits per heavy atom. The predicted octanol–water partition coefficient (Wildman–Crippen LogP) is 1.71. The number of nitrogens with zero attached hydrogens (tertiary/aromatic N) is 6. The third-order valence-electron chi connectivity index (χ3n) is 4.91. The van der Waals surface area contributed by atoms with Crippen LogP contribution in [0.5, 0.6) is 0 Å². The van der Waals surface area contributed by atoms with Crippen molar-refractivity contribution in [2.24, 2.45) is 0 Å². The fourth-order valence-electron chi connectivity index (χ4n) is 3.21. The van der Waals surface area contributed by atoms with Crippen molar-refractivity contribution in [3.05, 3.63) is 42.0 Å². The molecular formula is C19H24N6O2S. The summed E-state index contributed by atoms with van der Waals surface area (Å²) in [7, 11) is -3.56. The van der Waals surface area contributed by atoms with Gasteiger partial charge in [-0.15, -0.1) is 10.2 Å². The Hall–Kier alpha value is -2.70. The molecule has 1 fully saturated rings. The second-order valence-corrected chi connectivity index (χ2v) is 8.39. The van der Waals surface area contributed by atoms with Crippen LogP contribution < -0.4 is 9.80 Å². The highest BCUT2D eigenvalue weighted by molar-refractivity contribution is 7.89. The molecular weight excluding hydrogens is 376 g/mol. The number of nitriles is 1. The fraction of sp³-hybridized carbons (Fsp3) is 0.421. The molecule has 0 aliphatic carbocycles. The maximum atomic E-state index is 12.8. The first-order chi connectivity index (χ1) is 13.5. The van der Waals surface area contributed by atoms with Gasteiger partial charge in [-0.2, -0.15) is 9.57 Å². The van der Waals surface area contributed by atoms with Crippen LogP contribution in [-0.4, -0.2) is 62.2 Å². The van der Waals surface area contributed by atoms with Crippen LogP contribution in [0.15, 0.2) is 41.3 Å². The molecule has 148 valence electrons. The van der Waals surface area contributed by atoms with Crippen molar-refractivity contribution in [3.63, 3.8) is 0 Å². The smallest absolute Gasteiger partial charge is 0.243 e. The van der Waals surface area contributed by atoms with Crippen LogP contribution in [-0.2, 0) is 10.0 Å².